The number of aliphatic hydroxyl groups is 9. The molecular formula is C42H68O15. The molecule has 0 bridgehead atoms. The van der Waals surface area contributed by atoms with Gasteiger partial charge in [-0.05, 0) is 82.5 Å². The zero-order valence-corrected chi connectivity index (χ0v) is 34.9. The summed E-state index contributed by atoms with van der Waals surface area (Å²) >= 11 is 0. The molecule has 0 amide bonds. The van der Waals surface area contributed by atoms with Gasteiger partial charge in [0.25, 0.3) is 0 Å². The van der Waals surface area contributed by atoms with E-state index in [1.807, 2.05) is 27.7 Å². The van der Waals surface area contributed by atoms with Crippen molar-refractivity contribution in [1.29, 1.82) is 0 Å². The van der Waals surface area contributed by atoms with E-state index in [-0.39, 0.29) is 36.9 Å². The van der Waals surface area contributed by atoms with Gasteiger partial charge in [0.05, 0.1) is 30.5 Å². The lowest BCUT2D eigenvalue weighted by Gasteiger charge is -2.65. The first-order valence-electron chi connectivity index (χ1n) is 20.7. The molecule has 3 saturated carbocycles. The average molecular weight is 813 g/mol. The van der Waals surface area contributed by atoms with Crippen LogP contribution in [-0.2, 0) is 28.5 Å². The maximum atomic E-state index is 14.9. The Bertz CT molecular complexity index is 1560. The summed E-state index contributed by atoms with van der Waals surface area (Å²) in [6.07, 6.45) is -12.1. The molecule has 6 aliphatic rings. The van der Waals surface area contributed by atoms with Crippen molar-refractivity contribution in [2.45, 2.75) is 192 Å². The summed E-state index contributed by atoms with van der Waals surface area (Å²) in [4.78, 5) is 28.5. The summed E-state index contributed by atoms with van der Waals surface area (Å²) in [5, 5.41) is 97.3. The van der Waals surface area contributed by atoms with E-state index < -0.39 is 125 Å². The molecule has 0 aromatic carbocycles. The van der Waals surface area contributed by atoms with Crippen LogP contribution in [-0.4, -0.2) is 149 Å². The minimum absolute atomic E-state index is 0.0108. The van der Waals surface area contributed by atoms with E-state index in [9.17, 15) is 55.5 Å². The number of ketones is 2. The number of allylic oxidation sites excluding steroid dienone is 1. The molecule has 2 aliphatic heterocycles. The molecule has 2 saturated heterocycles. The fraction of sp³-hybridized carbons (Fsp3) is 0.905. The van der Waals surface area contributed by atoms with Crippen LogP contribution in [0, 0.1) is 39.4 Å². The van der Waals surface area contributed by atoms with E-state index in [4.69, 9.17) is 18.9 Å². The molecule has 5 fully saturated rings. The standard InChI is InChI=1S/C42H68O15/c1-19-28(47)30(49)32(51)35(54-19)57-33-31(50)29(48)23(18-43)55-36(33)56-27-13-11-21-20(38(27,4)5)10-12-24-39(6)16-22(44)34(40(39,7)17-26(46)41(21,24)8)42(9,53)25(45)14-15-37(2,3)52/h10,19,21-24,27-36,43-44,47-53H,11-18H2,1-9H3. The minimum atomic E-state index is -1.93. The van der Waals surface area contributed by atoms with E-state index in [1.54, 1.807) is 13.8 Å². The number of rotatable bonds is 10. The maximum Gasteiger partial charge on any atom is 0.187 e. The van der Waals surface area contributed by atoms with Gasteiger partial charge >= 0.3 is 0 Å². The Balaban J connectivity index is 1.27. The molecule has 15 heteroatoms. The Morgan fingerprint density at radius 2 is 1.51 bits per heavy atom. The third-order valence-corrected chi connectivity index (χ3v) is 15.9. The number of Topliss-reactive ketones (excluding diaryl/α,β-unsaturated/α-hetero) is 2. The predicted molar refractivity (Wildman–Crippen MR) is 202 cm³/mol. The molecule has 0 radical (unpaired) electrons. The zero-order valence-electron chi connectivity index (χ0n) is 34.9. The van der Waals surface area contributed by atoms with Crippen molar-refractivity contribution in [1.82, 2.24) is 0 Å². The molecule has 9 N–H and O–H groups in total. The van der Waals surface area contributed by atoms with Crippen LogP contribution in [0.15, 0.2) is 11.6 Å². The fourth-order valence-corrected chi connectivity index (χ4v) is 12.3. The topological polar surface area (TPSA) is 253 Å². The summed E-state index contributed by atoms with van der Waals surface area (Å²) < 4.78 is 24.2. The van der Waals surface area contributed by atoms with Crippen molar-refractivity contribution in [3.63, 3.8) is 0 Å². The highest BCUT2D eigenvalue weighted by Crippen LogP contribution is 2.74. The Morgan fingerprint density at radius 3 is 2.12 bits per heavy atom. The van der Waals surface area contributed by atoms with E-state index >= 15 is 0 Å². The van der Waals surface area contributed by atoms with Crippen molar-refractivity contribution >= 4 is 11.6 Å². The Labute approximate surface area is 335 Å². The van der Waals surface area contributed by atoms with Crippen molar-refractivity contribution in [2.24, 2.45) is 39.4 Å². The number of hydrogen-bond acceptors (Lipinski definition) is 15. The van der Waals surface area contributed by atoms with Gasteiger partial charge in [0.15, 0.2) is 18.4 Å². The molecule has 57 heavy (non-hydrogen) atoms. The van der Waals surface area contributed by atoms with Crippen molar-refractivity contribution in [2.75, 3.05) is 6.61 Å². The molecular weight excluding hydrogens is 744 g/mol. The quantitative estimate of drug-likeness (QED) is 0.137. The molecule has 0 aromatic rings. The summed E-state index contributed by atoms with van der Waals surface area (Å²) in [5.41, 5.74) is -5.15. The van der Waals surface area contributed by atoms with Crippen LogP contribution in [0.2, 0.25) is 0 Å². The van der Waals surface area contributed by atoms with Gasteiger partial charge in [-0.3, -0.25) is 9.59 Å². The van der Waals surface area contributed by atoms with Gasteiger partial charge in [-0.2, -0.15) is 0 Å². The molecule has 2 heterocycles. The van der Waals surface area contributed by atoms with Crippen LogP contribution >= 0.6 is 0 Å². The fourth-order valence-electron chi connectivity index (χ4n) is 12.3. The van der Waals surface area contributed by atoms with Crippen molar-refractivity contribution in [3.8, 4) is 0 Å². The highest BCUT2D eigenvalue weighted by Gasteiger charge is 2.74. The smallest absolute Gasteiger partial charge is 0.187 e. The van der Waals surface area contributed by atoms with Crippen LogP contribution in [0.25, 0.3) is 0 Å². The van der Waals surface area contributed by atoms with Crippen molar-refractivity contribution < 1.29 is 74.5 Å². The lowest BCUT2D eigenvalue weighted by atomic mass is 9.38. The lowest BCUT2D eigenvalue weighted by Crippen LogP contribution is -2.66. The molecule has 19 atom stereocenters. The highest BCUT2D eigenvalue weighted by atomic mass is 16.8. The Kier molecular flexibility index (Phi) is 12.0. The predicted octanol–water partition coefficient (Wildman–Crippen LogP) is 0.650. The Morgan fingerprint density at radius 1 is 0.860 bits per heavy atom. The highest BCUT2D eigenvalue weighted by molar-refractivity contribution is 5.90. The van der Waals surface area contributed by atoms with E-state index in [0.717, 1.165) is 5.57 Å². The molecule has 0 spiro atoms. The van der Waals surface area contributed by atoms with Crippen molar-refractivity contribution in [3.05, 3.63) is 11.6 Å². The number of aliphatic hydroxyl groups excluding tert-OH is 7. The number of carbonyl (C=O) groups excluding carboxylic acids is 2. The lowest BCUT2D eigenvalue weighted by molar-refractivity contribution is -0.372. The first kappa shape index (κ1) is 45.1. The first-order valence-corrected chi connectivity index (χ1v) is 20.7. The third kappa shape index (κ3) is 7.11. The molecule has 15 nitrogen and oxygen atoms in total. The average Bonchev–Trinajstić information content (AvgIpc) is 3.32. The molecule has 6 rings (SSSR count). The second kappa shape index (κ2) is 15.2. The second-order valence-electron chi connectivity index (χ2n) is 20.3. The summed E-state index contributed by atoms with van der Waals surface area (Å²) in [6, 6.07) is 0. The van der Waals surface area contributed by atoms with Gasteiger partial charge in [0, 0.05) is 29.6 Å². The summed E-state index contributed by atoms with van der Waals surface area (Å²) in [6.45, 7) is 15.5. The van der Waals surface area contributed by atoms with Gasteiger partial charge in [0.1, 0.15) is 54.1 Å². The Hall–Kier alpha value is -1.44. The third-order valence-electron chi connectivity index (χ3n) is 15.9. The van der Waals surface area contributed by atoms with Gasteiger partial charge in [0.2, 0.25) is 0 Å². The van der Waals surface area contributed by atoms with Crippen LogP contribution in [0.5, 0.6) is 0 Å². The van der Waals surface area contributed by atoms with Gasteiger partial charge < -0.3 is 64.9 Å². The molecule has 19 unspecified atom stereocenters. The summed E-state index contributed by atoms with van der Waals surface area (Å²) in [5.74, 6) is -1.79. The first-order chi connectivity index (χ1) is 26.2. The number of hydrogen-bond donors (Lipinski definition) is 9. The monoisotopic (exact) mass is 812 g/mol. The molecule has 4 aliphatic carbocycles. The number of ether oxygens (including phenoxy) is 4. The van der Waals surface area contributed by atoms with Crippen LogP contribution in [0.1, 0.15) is 107 Å². The normalized spacial score (nSPS) is 49.6. The minimum Gasteiger partial charge on any atom is -0.394 e. The van der Waals surface area contributed by atoms with Crippen LogP contribution in [0.4, 0.5) is 0 Å². The molecule has 326 valence electrons. The number of fused-ring (bicyclic) bond motifs is 5. The van der Waals surface area contributed by atoms with E-state index in [1.165, 1.54) is 13.8 Å². The second-order valence-corrected chi connectivity index (χ2v) is 20.3. The van der Waals surface area contributed by atoms with Crippen LogP contribution in [0.3, 0.4) is 0 Å². The summed E-state index contributed by atoms with van der Waals surface area (Å²) in [7, 11) is 0. The zero-order chi connectivity index (χ0) is 42.6. The largest absolute Gasteiger partial charge is 0.394 e. The van der Waals surface area contributed by atoms with E-state index in [0.29, 0.717) is 25.7 Å². The van der Waals surface area contributed by atoms with Gasteiger partial charge in [-0.1, -0.05) is 46.3 Å². The molecule has 0 aromatic heterocycles. The van der Waals surface area contributed by atoms with E-state index in [2.05, 4.69) is 13.0 Å². The maximum absolute atomic E-state index is 14.9. The van der Waals surface area contributed by atoms with Gasteiger partial charge in [-0.15, -0.1) is 0 Å². The van der Waals surface area contributed by atoms with Gasteiger partial charge in [-0.25, -0.2) is 0 Å². The SMILES string of the molecule is CC1OC(OC2C(OC3CCC4C(=CCC5C4(C)C(=O)CC4(C)C(C(C)(O)C(=O)CCC(C)(C)O)C(O)CC54C)C3(C)C)OC(CO)C(O)C2O)C(O)C(O)C1O. The number of carbonyl (C=O) groups is 2. The van der Waals surface area contributed by atoms with Crippen LogP contribution < -0.4 is 0 Å².